The highest BCUT2D eigenvalue weighted by molar-refractivity contribution is 7.98. The average molecular weight is 240 g/mol. The van der Waals surface area contributed by atoms with Crippen LogP contribution in [0.2, 0.25) is 0 Å². The second-order valence-corrected chi connectivity index (χ2v) is 4.60. The van der Waals surface area contributed by atoms with Crippen LogP contribution in [-0.4, -0.2) is 16.7 Å². The summed E-state index contributed by atoms with van der Waals surface area (Å²) in [6.45, 7) is 2.04. The number of hydrogen-bond donors (Lipinski definition) is 1. The van der Waals surface area contributed by atoms with Gasteiger partial charge in [0.25, 0.3) is 5.69 Å². The Morgan fingerprint density at radius 3 is 2.81 bits per heavy atom. The summed E-state index contributed by atoms with van der Waals surface area (Å²) in [7, 11) is 0. The summed E-state index contributed by atoms with van der Waals surface area (Å²) < 4.78 is 0. The molecule has 5 heteroatoms. The molecule has 1 aromatic carbocycles. The molecular formula is C11H16N2O2S. The molecule has 88 valence electrons. The molecule has 0 aromatic heterocycles. The number of nitrogens with two attached hydrogens (primary N) is 1. The Morgan fingerprint density at radius 1 is 1.50 bits per heavy atom. The molecule has 0 fully saturated rings. The maximum Gasteiger partial charge on any atom is 0.273 e. The highest BCUT2D eigenvalue weighted by Crippen LogP contribution is 2.23. The highest BCUT2D eigenvalue weighted by Gasteiger charge is 2.12. The fourth-order valence-corrected chi connectivity index (χ4v) is 2.37. The fourth-order valence-electron chi connectivity index (χ4n) is 1.25. The summed E-state index contributed by atoms with van der Waals surface area (Å²) in [6.07, 6.45) is 0.934. The zero-order chi connectivity index (χ0) is 12.0. The number of nitro benzene ring substituents is 1. The Balaban J connectivity index is 2.56. The van der Waals surface area contributed by atoms with E-state index in [-0.39, 0.29) is 16.7 Å². The number of nitro groups is 1. The van der Waals surface area contributed by atoms with Crippen molar-refractivity contribution in [3.05, 3.63) is 39.9 Å². The van der Waals surface area contributed by atoms with E-state index in [9.17, 15) is 10.1 Å². The lowest BCUT2D eigenvalue weighted by Gasteiger charge is -2.07. The van der Waals surface area contributed by atoms with Crippen LogP contribution >= 0.6 is 11.8 Å². The zero-order valence-corrected chi connectivity index (χ0v) is 10.1. The van der Waals surface area contributed by atoms with E-state index in [2.05, 4.69) is 0 Å². The van der Waals surface area contributed by atoms with Gasteiger partial charge < -0.3 is 5.73 Å². The van der Waals surface area contributed by atoms with Crippen LogP contribution < -0.4 is 5.73 Å². The first-order valence-corrected chi connectivity index (χ1v) is 6.36. The highest BCUT2D eigenvalue weighted by atomic mass is 32.2. The van der Waals surface area contributed by atoms with Crippen LogP contribution in [0, 0.1) is 10.1 Å². The summed E-state index contributed by atoms with van der Waals surface area (Å²) in [4.78, 5) is 10.4. The molecule has 0 radical (unpaired) electrons. The molecule has 1 rings (SSSR count). The smallest absolute Gasteiger partial charge is 0.273 e. The number of rotatable bonds is 6. The van der Waals surface area contributed by atoms with E-state index in [0.29, 0.717) is 5.75 Å². The van der Waals surface area contributed by atoms with Gasteiger partial charge in [0.15, 0.2) is 0 Å². The largest absolute Gasteiger partial charge is 0.327 e. The predicted octanol–water partition coefficient (Wildman–Crippen LogP) is 2.57. The molecule has 0 aliphatic carbocycles. The summed E-state index contributed by atoms with van der Waals surface area (Å²) in [5.41, 5.74) is 6.74. The van der Waals surface area contributed by atoms with E-state index in [1.807, 2.05) is 13.0 Å². The minimum absolute atomic E-state index is 0.174. The van der Waals surface area contributed by atoms with Gasteiger partial charge in [-0.2, -0.15) is 11.8 Å². The normalized spacial score (nSPS) is 12.4. The molecule has 0 saturated carbocycles. The molecule has 4 nitrogen and oxygen atoms in total. The zero-order valence-electron chi connectivity index (χ0n) is 9.26. The molecule has 0 aliphatic rings. The number of nitrogens with zero attached hydrogens (tertiary/aromatic N) is 1. The Kier molecular flexibility index (Phi) is 5.28. The van der Waals surface area contributed by atoms with Crippen LogP contribution in [0.1, 0.15) is 18.9 Å². The fraction of sp³-hybridized carbons (Fsp3) is 0.455. The maximum absolute atomic E-state index is 10.7. The molecule has 16 heavy (non-hydrogen) atoms. The number of hydrogen-bond acceptors (Lipinski definition) is 4. The third kappa shape index (κ3) is 3.83. The number of benzene rings is 1. The van der Waals surface area contributed by atoms with Gasteiger partial charge in [0.1, 0.15) is 0 Å². The minimum atomic E-state index is -0.338. The Labute approximate surface area is 99.4 Å². The van der Waals surface area contributed by atoms with Gasteiger partial charge in [-0.05, 0) is 6.42 Å². The van der Waals surface area contributed by atoms with Crippen molar-refractivity contribution in [3.8, 4) is 0 Å². The number of para-hydroxylation sites is 1. The topological polar surface area (TPSA) is 69.2 Å². The van der Waals surface area contributed by atoms with Crippen molar-refractivity contribution in [2.45, 2.75) is 25.1 Å². The molecule has 2 N–H and O–H groups in total. The first-order chi connectivity index (χ1) is 7.65. The molecule has 0 heterocycles. The standard InChI is InChI=1S/C11H16N2O2S/c1-2-10(12)8-16-7-9-5-3-4-6-11(9)13(14)15/h3-6,10H,2,7-8,12H2,1H3. The molecular weight excluding hydrogens is 224 g/mol. The van der Waals surface area contributed by atoms with E-state index in [1.165, 1.54) is 6.07 Å². The van der Waals surface area contributed by atoms with Gasteiger partial charge in [0.05, 0.1) is 4.92 Å². The second kappa shape index (κ2) is 6.50. The van der Waals surface area contributed by atoms with Crippen molar-refractivity contribution in [3.63, 3.8) is 0 Å². The van der Waals surface area contributed by atoms with Crippen LogP contribution in [0.15, 0.2) is 24.3 Å². The van der Waals surface area contributed by atoms with Crippen molar-refractivity contribution < 1.29 is 4.92 Å². The Bertz CT molecular complexity index is 358. The van der Waals surface area contributed by atoms with Gasteiger partial charge in [-0.1, -0.05) is 25.1 Å². The summed E-state index contributed by atoms with van der Waals surface area (Å²) in [5, 5.41) is 10.7. The lowest BCUT2D eigenvalue weighted by molar-refractivity contribution is -0.385. The van der Waals surface area contributed by atoms with Gasteiger partial charge in [0, 0.05) is 29.2 Å². The monoisotopic (exact) mass is 240 g/mol. The predicted molar refractivity (Wildman–Crippen MR) is 67.5 cm³/mol. The molecule has 0 amide bonds. The van der Waals surface area contributed by atoms with Crippen LogP contribution in [0.3, 0.4) is 0 Å². The Hall–Kier alpha value is -1.07. The molecule has 1 unspecified atom stereocenters. The van der Waals surface area contributed by atoms with Crippen molar-refractivity contribution in [2.24, 2.45) is 5.73 Å². The van der Waals surface area contributed by atoms with E-state index >= 15 is 0 Å². The lowest BCUT2D eigenvalue weighted by atomic mass is 10.2. The van der Waals surface area contributed by atoms with Gasteiger partial charge in [0.2, 0.25) is 0 Å². The number of thioether (sulfide) groups is 1. The third-order valence-corrected chi connectivity index (χ3v) is 3.48. The van der Waals surface area contributed by atoms with Crippen molar-refractivity contribution in [1.82, 2.24) is 0 Å². The van der Waals surface area contributed by atoms with Crippen LogP contribution in [0.5, 0.6) is 0 Å². The molecule has 0 bridgehead atoms. The van der Waals surface area contributed by atoms with Crippen molar-refractivity contribution >= 4 is 17.4 Å². The van der Waals surface area contributed by atoms with Crippen LogP contribution in [-0.2, 0) is 5.75 Å². The molecule has 1 atom stereocenters. The molecule has 1 aromatic rings. The molecule has 0 saturated heterocycles. The third-order valence-electron chi connectivity index (χ3n) is 2.30. The van der Waals surface area contributed by atoms with Crippen molar-refractivity contribution in [2.75, 3.05) is 5.75 Å². The summed E-state index contributed by atoms with van der Waals surface area (Å²) in [6, 6.07) is 7.01. The quantitative estimate of drug-likeness (QED) is 0.613. The minimum Gasteiger partial charge on any atom is -0.327 e. The summed E-state index contributed by atoms with van der Waals surface area (Å²) >= 11 is 1.64. The molecule has 0 aliphatic heterocycles. The van der Waals surface area contributed by atoms with Crippen molar-refractivity contribution in [1.29, 1.82) is 0 Å². The van der Waals surface area contributed by atoms with Crippen LogP contribution in [0.25, 0.3) is 0 Å². The maximum atomic E-state index is 10.7. The first-order valence-electron chi connectivity index (χ1n) is 5.20. The first kappa shape index (κ1) is 13.0. The van der Waals surface area contributed by atoms with Gasteiger partial charge in [-0.3, -0.25) is 10.1 Å². The van der Waals surface area contributed by atoms with Gasteiger partial charge >= 0.3 is 0 Å². The van der Waals surface area contributed by atoms with E-state index in [4.69, 9.17) is 5.73 Å². The average Bonchev–Trinajstić information content (AvgIpc) is 2.29. The van der Waals surface area contributed by atoms with E-state index in [0.717, 1.165) is 17.7 Å². The lowest BCUT2D eigenvalue weighted by Crippen LogP contribution is -2.21. The molecule has 0 spiro atoms. The van der Waals surface area contributed by atoms with Crippen LogP contribution in [0.4, 0.5) is 5.69 Å². The Morgan fingerprint density at radius 2 is 2.19 bits per heavy atom. The van der Waals surface area contributed by atoms with Gasteiger partial charge in [-0.25, -0.2) is 0 Å². The van der Waals surface area contributed by atoms with E-state index < -0.39 is 0 Å². The van der Waals surface area contributed by atoms with E-state index in [1.54, 1.807) is 23.9 Å². The summed E-state index contributed by atoms with van der Waals surface area (Å²) in [5.74, 6) is 1.48. The second-order valence-electron chi connectivity index (χ2n) is 3.57. The van der Waals surface area contributed by atoms with Gasteiger partial charge in [-0.15, -0.1) is 0 Å². The SMILES string of the molecule is CCC(N)CSCc1ccccc1[N+](=O)[O-].